The van der Waals surface area contributed by atoms with E-state index in [-0.39, 0.29) is 12.3 Å². The van der Waals surface area contributed by atoms with Gasteiger partial charge >= 0.3 is 0 Å². The zero-order valence-electron chi connectivity index (χ0n) is 11.1. The van der Waals surface area contributed by atoms with Crippen LogP contribution in [-0.4, -0.2) is 11.0 Å². The number of hydrogen-bond acceptors (Lipinski definition) is 2. The Labute approximate surface area is 123 Å². The zero-order valence-corrected chi connectivity index (χ0v) is 11.9. The molecule has 1 atom stereocenters. The molecule has 0 saturated heterocycles. The van der Waals surface area contributed by atoms with E-state index in [1.165, 1.54) is 0 Å². The Kier molecular flexibility index (Phi) is 4.42. The van der Waals surface area contributed by atoms with Crippen LogP contribution < -0.4 is 5.32 Å². The second-order valence-electron chi connectivity index (χ2n) is 4.88. The van der Waals surface area contributed by atoms with Crippen molar-refractivity contribution in [1.29, 1.82) is 0 Å². The highest BCUT2D eigenvalue weighted by molar-refractivity contribution is 6.30. The van der Waals surface area contributed by atoms with Gasteiger partial charge in [-0.1, -0.05) is 48.0 Å². The first-order valence-electron chi connectivity index (χ1n) is 6.31. The average molecular weight is 290 g/mol. The van der Waals surface area contributed by atoms with E-state index < -0.39 is 5.60 Å². The topological polar surface area (TPSA) is 49.3 Å². The van der Waals surface area contributed by atoms with Crippen molar-refractivity contribution in [1.82, 2.24) is 0 Å². The maximum absolute atomic E-state index is 12.0. The monoisotopic (exact) mass is 289 g/mol. The number of carbonyl (C=O) groups excluding carboxylic acids is 1. The van der Waals surface area contributed by atoms with Gasteiger partial charge in [0.15, 0.2) is 0 Å². The Morgan fingerprint density at radius 3 is 2.55 bits per heavy atom. The molecule has 2 N–H and O–H groups in total. The molecular weight excluding hydrogens is 274 g/mol. The molecule has 2 aromatic rings. The molecule has 0 aliphatic rings. The van der Waals surface area contributed by atoms with Gasteiger partial charge in [-0.25, -0.2) is 0 Å². The van der Waals surface area contributed by atoms with Crippen molar-refractivity contribution >= 4 is 23.2 Å². The Morgan fingerprint density at radius 2 is 1.90 bits per heavy atom. The third-order valence-electron chi connectivity index (χ3n) is 3.01. The fourth-order valence-electron chi connectivity index (χ4n) is 1.98. The first kappa shape index (κ1) is 14.6. The van der Waals surface area contributed by atoms with Gasteiger partial charge in [0.25, 0.3) is 0 Å². The molecule has 104 valence electrons. The molecule has 0 aliphatic carbocycles. The van der Waals surface area contributed by atoms with Crippen molar-refractivity contribution < 1.29 is 9.90 Å². The predicted octanol–water partition coefficient (Wildman–Crippen LogP) is 3.58. The summed E-state index contributed by atoms with van der Waals surface area (Å²) in [5, 5.41) is 13.7. The fraction of sp³-hybridized carbons (Fsp3) is 0.188. The molecule has 0 fully saturated rings. The van der Waals surface area contributed by atoms with Gasteiger partial charge in [-0.2, -0.15) is 0 Å². The summed E-state index contributed by atoms with van der Waals surface area (Å²) >= 11 is 5.86. The Hall–Kier alpha value is -1.84. The van der Waals surface area contributed by atoms with Crippen LogP contribution in [0.15, 0.2) is 54.6 Å². The number of amides is 1. The van der Waals surface area contributed by atoms with E-state index in [9.17, 15) is 9.90 Å². The van der Waals surface area contributed by atoms with E-state index in [0.717, 1.165) is 0 Å². The van der Waals surface area contributed by atoms with Gasteiger partial charge < -0.3 is 10.4 Å². The first-order valence-corrected chi connectivity index (χ1v) is 6.68. The highest BCUT2D eigenvalue weighted by Gasteiger charge is 2.26. The number of anilines is 1. The van der Waals surface area contributed by atoms with Gasteiger partial charge in [0.2, 0.25) is 5.91 Å². The SMILES string of the molecule is CC(O)(CC(=O)Nc1cccc(Cl)c1)c1ccccc1. The number of carbonyl (C=O) groups is 1. The van der Waals surface area contributed by atoms with Crippen LogP contribution in [0.5, 0.6) is 0 Å². The van der Waals surface area contributed by atoms with Crippen LogP contribution in [0.1, 0.15) is 18.9 Å². The quantitative estimate of drug-likeness (QED) is 0.904. The van der Waals surface area contributed by atoms with Crippen LogP contribution in [0.4, 0.5) is 5.69 Å². The zero-order chi connectivity index (χ0) is 14.6. The minimum absolute atomic E-state index is 0.0243. The van der Waals surface area contributed by atoms with Crippen molar-refractivity contribution in [2.24, 2.45) is 0 Å². The fourth-order valence-corrected chi connectivity index (χ4v) is 2.17. The Balaban J connectivity index is 2.04. The Bertz CT molecular complexity index is 596. The number of benzene rings is 2. The van der Waals surface area contributed by atoms with Crippen molar-refractivity contribution in [3.63, 3.8) is 0 Å². The van der Waals surface area contributed by atoms with E-state index >= 15 is 0 Å². The number of nitrogens with one attached hydrogen (secondary N) is 1. The molecule has 4 heteroatoms. The molecule has 0 aliphatic heterocycles. The van der Waals surface area contributed by atoms with Crippen LogP contribution in [-0.2, 0) is 10.4 Å². The van der Waals surface area contributed by atoms with Crippen molar-refractivity contribution in [3.8, 4) is 0 Å². The highest BCUT2D eigenvalue weighted by Crippen LogP contribution is 2.25. The van der Waals surface area contributed by atoms with E-state index in [0.29, 0.717) is 16.3 Å². The average Bonchev–Trinajstić information content (AvgIpc) is 2.39. The van der Waals surface area contributed by atoms with Gasteiger partial charge in [-0.05, 0) is 30.7 Å². The lowest BCUT2D eigenvalue weighted by atomic mass is 9.92. The van der Waals surface area contributed by atoms with E-state index in [2.05, 4.69) is 5.32 Å². The minimum Gasteiger partial charge on any atom is -0.385 e. The predicted molar refractivity (Wildman–Crippen MR) is 80.7 cm³/mol. The third-order valence-corrected chi connectivity index (χ3v) is 3.24. The largest absolute Gasteiger partial charge is 0.385 e. The maximum atomic E-state index is 12.0. The summed E-state index contributed by atoms with van der Waals surface area (Å²) in [6.07, 6.45) is -0.0243. The summed E-state index contributed by atoms with van der Waals surface area (Å²) < 4.78 is 0. The molecule has 1 amide bonds. The molecular formula is C16H16ClNO2. The summed E-state index contributed by atoms with van der Waals surface area (Å²) in [4.78, 5) is 12.0. The number of aliphatic hydroxyl groups is 1. The number of rotatable bonds is 4. The van der Waals surface area contributed by atoms with E-state index in [4.69, 9.17) is 11.6 Å². The van der Waals surface area contributed by atoms with Crippen molar-refractivity contribution in [2.45, 2.75) is 18.9 Å². The second-order valence-corrected chi connectivity index (χ2v) is 5.31. The van der Waals surface area contributed by atoms with Crippen LogP contribution >= 0.6 is 11.6 Å². The van der Waals surface area contributed by atoms with Gasteiger partial charge in [0.05, 0.1) is 12.0 Å². The molecule has 0 saturated carbocycles. The molecule has 0 spiro atoms. The molecule has 3 nitrogen and oxygen atoms in total. The van der Waals surface area contributed by atoms with E-state index in [1.54, 1.807) is 43.3 Å². The smallest absolute Gasteiger partial charge is 0.227 e. The second kappa shape index (κ2) is 6.07. The van der Waals surface area contributed by atoms with Gasteiger partial charge in [0.1, 0.15) is 0 Å². The lowest BCUT2D eigenvalue weighted by Crippen LogP contribution is -2.28. The van der Waals surface area contributed by atoms with Crippen LogP contribution in [0.2, 0.25) is 5.02 Å². The van der Waals surface area contributed by atoms with Crippen LogP contribution in [0.3, 0.4) is 0 Å². The molecule has 0 aromatic heterocycles. The standard InChI is InChI=1S/C16H16ClNO2/c1-16(20,12-6-3-2-4-7-12)11-15(19)18-14-9-5-8-13(17)10-14/h2-10,20H,11H2,1H3,(H,18,19). The summed E-state index contributed by atoms with van der Waals surface area (Å²) in [6, 6.07) is 16.0. The summed E-state index contributed by atoms with van der Waals surface area (Å²) in [7, 11) is 0. The van der Waals surface area contributed by atoms with Gasteiger partial charge in [-0.15, -0.1) is 0 Å². The molecule has 0 bridgehead atoms. The Morgan fingerprint density at radius 1 is 1.20 bits per heavy atom. The lowest BCUT2D eigenvalue weighted by molar-refractivity contribution is -0.120. The lowest BCUT2D eigenvalue weighted by Gasteiger charge is -2.23. The van der Waals surface area contributed by atoms with Crippen LogP contribution in [0, 0.1) is 0 Å². The van der Waals surface area contributed by atoms with Crippen molar-refractivity contribution in [2.75, 3.05) is 5.32 Å². The molecule has 20 heavy (non-hydrogen) atoms. The molecule has 1 unspecified atom stereocenters. The summed E-state index contributed by atoms with van der Waals surface area (Å²) in [5.41, 5.74) is 0.122. The third kappa shape index (κ3) is 3.83. The first-order chi connectivity index (χ1) is 9.47. The molecule has 0 heterocycles. The highest BCUT2D eigenvalue weighted by atomic mass is 35.5. The summed E-state index contributed by atoms with van der Waals surface area (Å²) in [5.74, 6) is -0.263. The maximum Gasteiger partial charge on any atom is 0.227 e. The van der Waals surface area contributed by atoms with Crippen LogP contribution in [0.25, 0.3) is 0 Å². The minimum atomic E-state index is -1.20. The number of hydrogen-bond donors (Lipinski definition) is 2. The van der Waals surface area contributed by atoms with Gasteiger partial charge in [0, 0.05) is 10.7 Å². The van der Waals surface area contributed by atoms with E-state index in [1.807, 2.05) is 18.2 Å². The number of halogens is 1. The normalized spacial score (nSPS) is 13.6. The van der Waals surface area contributed by atoms with Crippen molar-refractivity contribution in [3.05, 3.63) is 65.2 Å². The molecule has 2 aromatic carbocycles. The van der Waals surface area contributed by atoms with Gasteiger partial charge in [-0.3, -0.25) is 4.79 Å². The molecule has 2 rings (SSSR count). The summed E-state index contributed by atoms with van der Waals surface area (Å²) in [6.45, 7) is 1.62. The molecule has 0 radical (unpaired) electrons.